The van der Waals surface area contributed by atoms with E-state index in [1.165, 1.54) is 0 Å². The number of thiol groups is 1. The van der Waals surface area contributed by atoms with Gasteiger partial charge in [0.15, 0.2) is 5.16 Å². The van der Waals surface area contributed by atoms with Gasteiger partial charge in [0.1, 0.15) is 0 Å². The summed E-state index contributed by atoms with van der Waals surface area (Å²) in [6.07, 6.45) is 0. The number of fused-ring (bicyclic) bond motifs is 1. The average Bonchev–Trinajstić information content (AvgIpc) is 2.27. The summed E-state index contributed by atoms with van der Waals surface area (Å²) < 4.78 is 0. The predicted molar refractivity (Wildman–Crippen MR) is 43.3 cm³/mol. The van der Waals surface area contributed by atoms with Crippen LogP contribution in [0.4, 0.5) is 0 Å². The number of nitrogens with zero attached hydrogens (tertiary/aromatic N) is 1. The molecule has 0 unspecified atom stereocenters. The Morgan fingerprint density at radius 1 is 1.27 bits per heavy atom. The Kier molecular flexibility index (Phi) is 2.60. The molecule has 0 aliphatic carbocycles. The van der Waals surface area contributed by atoms with Gasteiger partial charge >= 0.3 is 0 Å². The van der Waals surface area contributed by atoms with Gasteiger partial charge in [0, 0.05) is 17.1 Å². The van der Waals surface area contributed by atoms with Gasteiger partial charge in [0.25, 0.3) is 0 Å². The number of aromatic nitrogens is 2. The molecule has 1 heterocycles. The smallest absolute Gasteiger partial charge is 0.163 e. The number of para-hydroxylation sites is 2. The summed E-state index contributed by atoms with van der Waals surface area (Å²) in [4.78, 5) is 7.13. The van der Waals surface area contributed by atoms with Crippen LogP contribution in [0.1, 0.15) is 0 Å². The first-order valence-electron chi connectivity index (χ1n) is 3.00. The number of nitrogens with one attached hydrogen (secondary N) is 1. The molecule has 1 N–H and O–H groups in total. The second-order valence-electron chi connectivity index (χ2n) is 2.08. The minimum Gasteiger partial charge on any atom is -0.333 e. The molecule has 0 saturated heterocycles. The predicted octanol–water partition coefficient (Wildman–Crippen LogP) is 1.85. The Labute approximate surface area is 80.3 Å². The molecule has 0 aliphatic heterocycles. The number of rotatable bonds is 0. The number of hydrogen-bond acceptors (Lipinski definition) is 2. The van der Waals surface area contributed by atoms with Crippen molar-refractivity contribution in [3.8, 4) is 0 Å². The maximum absolute atomic E-state index is 4.12. The van der Waals surface area contributed by atoms with Gasteiger partial charge in [0.2, 0.25) is 0 Å². The van der Waals surface area contributed by atoms with Crippen molar-refractivity contribution in [1.82, 2.24) is 9.97 Å². The van der Waals surface area contributed by atoms with Crippen LogP contribution in [-0.2, 0) is 17.1 Å². The molecular formula is C7H6FeN2S. The van der Waals surface area contributed by atoms with Crippen molar-refractivity contribution >= 4 is 23.7 Å². The summed E-state index contributed by atoms with van der Waals surface area (Å²) in [5, 5.41) is 0.668. The Morgan fingerprint density at radius 2 is 2.00 bits per heavy atom. The number of hydrogen-bond donors (Lipinski definition) is 2. The first-order valence-corrected chi connectivity index (χ1v) is 3.45. The first kappa shape index (κ1) is 8.65. The van der Waals surface area contributed by atoms with Crippen molar-refractivity contribution in [3.05, 3.63) is 24.3 Å². The second-order valence-corrected chi connectivity index (χ2v) is 2.50. The van der Waals surface area contributed by atoms with E-state index >= 15 is 0 Å². The van der Waals surface area contributed by atoms with Gasteiger partial charge in [-0.15, -0.1) is 12.6 Å². The normalized spacial score (nSPS) is 9.55. The minimum atomic E-state index is 0. The van der Waals surface area contributed by atoms with Crippen LogP contribution in [0.25, 0.3) is 11.0 Å². The molecule has 0 spiro atoms. The van der Waals surface area contributed by atoms with Gasteiger partial charge in [-0.2, -0.15) is 0 Å². The summed E-state index contributed by atoms with van der Waals surface area (Å²) >= 11 is 4.08. The van der Waals surface area contributed by atoms with Gasteiger partial charge < -0.3 is 4.98 Å². The monoisotopic (exact) mass is 206 g/mol. The molecule has 1 aromatic carbocycles. The summed E-state index contributed by atoms with van der Waals surface area (Å²) in [6, 6.07) is 7.84. The minimum absolute atomic E-state index is 0. The maximum Gasteiger partial charge on any atom is 0.163 e. The largest absolute Gasteiger partial charge is 0.333 e. The van der Waals surface area contributed by atoms with E-state index in [0.717, 1.165) is 11.0 Å². The van der Waals surface area contributed by atoms with Crippen LogP contribution in [0.15, 0.2) is 29.4 Å². The van der Waals surface area contributed by atoms with Crippen LogP contribution >= 0.6 is 12.6 Å². The zero-order valence-corrected chi connectivity index (χ0v) is 7.56. The number of aromatic amines is 1. The fraction of sp³-hybridized carbons (Fsp3) is 0. The van der Waals surface area contributed by atoms with Crippen LogP contribution < -0.4 is 0 Å². The third-order valence-electron chi connectivity index (χ3n) is 1.38. The summed E-state index contributed by atoms with van der Waals surface area (Å²) in [6.45, 7) is 0. The van der Waals surface area contributed by atoms with E-state index in [1.807, 2.05) is 24.3 Å². The topological polar surface area (TPSA) is 28.7 Å². The Hall–Kier alpha value is -0.441. The number of H-pyrrole nitrogens is 1. The van der Waals surface area contributed by atoms with E-state index in [-0.39, 0.29) is 17.1 Å². The van der Waals surface area contributed by atoms with Crippen molar-refractivity contribution in [1.29, 1.82) is 0 Å². The van der Waals surface area contributed by atoms with E-state index in [4.69, 9.17) is 0 Å². The van der Waals surface area contributed by atoms with Gasteiger partial charge in [-0.1, -0.05) is 12.1 Å². The molecule has 4 heteroatoms. The van der Waals surface area contributed by atoms with Crippen molar-refractivity contribution in [2.75, 3.05) is 0 Å². The van der Waals surface area contributed by atoms with Crippen molar-refractivity contribution < 1.29 is 17.1 Å². The molecule has 2 rings (SSSR count). The van der Waals surface area contributed by atoms with Crippen LogP contribution in [0.5, 0.6) is 0 Å². The van der Waals surface area contributed by atoms with E-state index in [1.54, 1.807) is 0 Å². The summed E-state index contributed by atoms with van der Waals surface area (Å²) in [7, 11) is 0. The summed E-state index contributed by atoms with van der Waals surface area (Å²) in [5.74, 6) is 0. The third kappa shape index (κ3) is 1.59. The molecule has 0 radical (unpaired) electrons. The molecule has 0 atom stereocenters. The van der Waals surface area contributed by atoms with Gasteiger partial charge in [-0.25, -0.2) is 4.98 Å². The van der Waals surface area contributed by atoms with Crippen molar-refractivity contribution in [2.24, 2.45) is 0 Å². The Bertz CT molecular complexity index is 325. The van der Waals surface area contributed by atoms with E-state index in [2.05, 4.69) is 22.6 Å². The Morgan fingerprint density at radius 3 is 2.73 bits per heavy atom. The number of imidazole rings is 1. The van der Waals surface area contributed by atoms with E-state index in [9.17, 15) is 0 Å². The molecule has 2 aromatic rings. The standard InChI is InChI=1S/C7H6N2S.Fe/c10-7-8-5-3-1-2-4-6(5)9-7;/h1-4H,(H2,8,9,10);. The maximum atomic E-state index is 4.12. The van der Waals surface area contributed by atoms with E-state index in [0.29, 0.717) is 5.16 Å². The number of benzene rings is 1. The zero-order valence-electron chi connectivity index (χ0n) is 5.56. The molecule has 0 saturated carbocycles. The molecular weight excluding hydrogens is 200 g/mol. The quantitative estimate of drug-likeness (QED) is 0.499. The third-order valence-corrected chi connectivity index (χ3v) is 1.59. The second kappa shape index (κ2) is 3.30. The van der Waals surface area contributed by atoms with Crippen LogP contribution in [0.2, 0.25) is 0 Å². The summed E-state index contributed by atoms with van der Waals surface area (Å²) in [5.41, 5.74) is 2.00. The fourth-order valence-electron chi connectivity index (χ4n) is 0.939. The van der Waals surface area contributed by atoms with Crippen LogP contribution in [0, 0.1) is 0 Å². The fourth-order valence-corrected chi connectivity index (χ4v) is 1.17. The molecule has 58 valence electrons. The zero-order chi connectivity index (χ0) is 6.97. The van der Waals surface area contributed by atoms with Gasteiger partial charge in [-0.05, 0) is 12.1 Å². The Balaban J connectivity index is 0.000000605. The molecule has 2 nitrogen and oxygen atoms in total. The molecule has 11 heavy (non-hydrogen) atoms. The van der Waals surface area contributed by atoms with E-state index < -0.39 is 0 Å². The first-order chi connectivity index (χ1) is 4.86. The molecule has 0 aliphatic rings. The molecule has 0 bridgehead atoms. The van der Waals surface area contributed by atoms with Crippen molar-refractivity contribution in [2.45, 2.75) is 5.16 Å². The van der Waals surface area contributed by atoms with Gasteiger partial charge in [0.05, 0.1) is 11.0 Å². The van der Waals surface area contributed by atoms with Gasteiger partial charge in [-0.3, -0.25) is 0 Å². The SMILES string of the molecule is Sc1nc2ccccc2[nH]1.[Fe]. The van der Waals surface area contributed by atoms with Crippen LogP contribution in [0.3, 0.4) is 0 Å². The van der Waals surface area contributed by atoms with Crippen LogP contribution in [-0.4, -0.2) is 9.97 Å². The molecule has 1 aromatic heterocycles. The average molecular weight is 206 g/mol. The molecule has 0 fully saturated rings. The molecule has 0 amide bonds. The van der Waals surface area contributed by atoms with Crippen molar-refractivity contribution in [3.63, 3.8) is 0 Å².